The van der Waals surface area contributed by atoms with Crippen LogP contribution < -0.4 is 0 Å². The van der Waals surface area contributed by atoms with Crippen LogP contribution in [0.2, 0.25) is 0 Å². The molecule has 26 heavy (non-hydrogen) atoms. The van der Waals surface area contributed by atoms with Gasteiger partial charge in [-0.25, -0.2) is 0 Å². The van der Waals surface area contributed by atoms with Crippen molar-refractivity contribution in [1.82, 2.24) is 0 Å². The minimum Gasteiger partial charge on any atom is -0.469 e. The maximum absolute atomic E-state index is 11.8. The summed E-state index contributed by atoms with van der Waals surface area (Å²) in [5.74, 6) is -0.503. The first-order chi connectivity index (χ1) is 11.8. The fourth-order valence-electron chi connectivity index (χ4n) is 6.02. The molecule has 2 fully saturated rings. The number of carbonyl (C=O) groups is 1. The maximum atomic E-state index is 11.8. The quantitative estimate of drug-likeness (QED) is 0.575. The number of carbonyl (C=O) groups excluding carboxylic acids is 1. The molecule has 1 aliphatic heterocycles. The first-order valence-electron chi connectivity index (χ1n) is 9.62. The van der Waals surface area contributed by atoms with Crippen LogP contribution >= 0.6 is 0 Å². The van der Waals surface area contributed by atoms with Crippen LogP contribution in [0.4, 0.5) is 0 Å². The van der Waals surface area contributed by atoms with Gasteiger partial charge in [-0.05, 0) is 58.3 Å². The van der Waals surface area contributed by atoms with Crippen LogP contribution in [-0.2, 0) is 14.3 Å². The van der Waals surface area contributed by atoms with Crippen molar-refractivity contribution in [2.24, 2.45) is 17.3 Å². The lowest BCUT2D eigenvalue weighted by Gasteiger charge is -2.63. The van der Waals surface area contributed by atoms with E-state index in [1.165, 1.54) is 7.11 Å². The van der Waals surface area contributed by atoms with Gasteiger partial charge in [0.2, 0.25) is 0 Å². The zero-order valence-electron chi connectivity index (χ0n) is 17.2. The van der Waals surface area contributed by atoms with Crippen molar-refractivity contribution < 1.29 is 24.5 Å². The second-order valence-corrected chi connectivity index (χ2v) is 9.51. The molecule has 0 amide bonds. The Morgan fingerprint density at radius 3 is 2.50 bits per heavy atom. The van der Waals surface area contributed by atoms with E-state index in [1.54, 1.807) is 13.8 Å². The molecule has 5 heteroatoms. The van der Waals surface area contributed by atoms with Crippen LogP contribution in [0.5, 0.6) is 0 Å². The molecule has 150 valence electrons. The third kappa shape index (κ3) is 3.71. The zero-order chi connectivity index (χ0) is 20.0. The third-order valence-corrected chi connectivity index (χ3v) is 6.93. The topological polar surface area (TPSA) is 76.0 Å². The predicted molar refractivity (Wildman–Crippen MR) is 101 cm³/mol. The van der Waals surface area contributed by atoms with Gasteiger partial charge < -0.3 is 19.7 Å². The summed E-state index contributed by atoms with van der Waals surface area (Å²) in [6.07, 6.45) is 4.12. The van der Waals surface area contributed by atoms with E-state index < -0.39 is 28.3 Å². The minimum atomic E-state index is -1.06. The molecule has 0 bridgehead atoms. The summed E-state index contributed by atoms with van der Waals surface area (Å²) < 4.78 is 11.3. The monoisotopic (exact) mass is 368 g/mol. The number of esters is 1. The van der Waals surface area contributed by atoms with Gasteiger partial charge in [0, 0.05) is 18.8 Å². The van der Waals surface area contributed by atoms with E-state index in [0.717, 1.165) is 12.8 Å². The normalized spacial score (nSPS) is 43.5. The Hall–Kier alpha value is -0.910. The number of hydrogen-bond donors (Lipinski definition) is 2. The van der Waals surface area contributed by atoms with Crippen LogP contribution in [0.15, 0.2) is 12.7 Å². The average molecular weight is 369 g/mol. The van der Waals surface area contributed by atoms with Crippen LogP contribution in [0.1, 0.15) is 66.7 Å². The van der Waals surface area contributed by atoms with Crippen LogP contribution in [0.25, 0.3) is 0 Å². The zero-order valence-corrected chi connectivity index (χ0v) is 17.2. The van der Waals surface area contributed by atoms with Crippen molar-refractivity contribution in [1.29, 1.82) is 0 Å². The molecule has 6 atom stereocenters. The maximum Gasteiger partial charge on any atom is 0.305 e. The second kappa shape index (κ2) is 6.92. The molecule has 1 aliphatic carbocycles. The van der Waals surface area contributed by atoms with E-state index in [2.05, 4.69) is 20.4 Å². The lowest BCUT2D eigenvalue weighted by molar-refractivity contribution is -0.276. The predicted octanol–water partition coefficient (Wildman–Crippen LogP) is 3.23. The fourth-order valence-corrected chi connectivity index (χ4v) is 6.02. The number of fused-ring (bicyclic) bond motifs is 1. The van der Waals surface area contributed by atoms with Crippen LogP contribution in [-0.4, -0.2) is 46.2 Å². The van der Waals surface area contributed by atoms with E-state index in [0.29, 0.717) is 12.8 Å². The van der Waals surface area contributed by atoms with Gasteiger partial charge in [0.25, 0.3) is 0 Å². The van der Waals surface area contributed by atoms with E-state index in [4.69, 9.17) is 9.47 Å². The van der Waals surface area contributed by atoms with Crippen molar-refractivity contribution in [2.45, 2.75) is 89.6 Å². The summed E-state index contributed by atoms with van der Waals surface area (Å²) in [6, 6.07) is 0. The Balaban J connectivity index is 2.45. The van der Waals surface area contributed by atoms with Crippen molar-refractivity contribution in [3.05, 3.63) is 12.7 Å². The van der Waals surface area contributed by atoms with Gasteiger partial charge in [-0.3, -0.25) is 4.79 Å². The summed E-state index contributed by atoms with van der Waals surface area (Å²) in [5.41, 5.74) is -2.48. The molecule has 1 heterocycles. The molecular weight excluding hydrogens is 332 g/mol. The molecule has 0 radical (unpaired) electrons. The number of methoxy groups -OCH3 is 1. The van der Waals surface area contributed by atoms with E-state index >= 15 is 0 Å². The largest absolute Gasteiger partial charge is 0.469 e. The summed E-state index contributed by atoms with van der Waals surface area (Å²) >= 11 is 0. The lowest BCUT2D eigenvalue weighted by atomic mass is 9.48. The number of ether oxygens (including phenoxy) is 2. The summed E-state index contributed by atoms with van der Waals surface area (Å²) in [7, 11) is 1.39. The molecule has 2 N–H and O–H groups in total. The standard InChI is InChI=1S/C21H36O5/c1-8-19(4)11-9-15-20(5,12-10-16(23)25-7)17(18(2,3)24)14(22)13-21(15,6)26-19/h8,14-15,17,22,24H,1,9-13H2,2-7H3/t14?,15-,17+,19+,20-,21-/m1/s1. The molecule has 0 aromatic carbocycles. The molecule has 1 unspecified atom stereocenters. The van der Waals surface area contributed by atoms with Gasteiger partial charge in [0.15, 0.2) is 0 Å². The number of hydrogen-bond acceptors (Lipinski definition) is 5. The smallest absolute Gasteiger partial charge is 0.305 e. The number of aliphatic hydroxyl groups excluding tert-OH is 1. The highest BCUT2D eigenvalue weighted by atomic mass is 16.5. The van der Waals surface area contributed by atoms with Crippen molar-refractivity contribution in [2.75, 3.05) is 7.11 Å². The van der Waals surface area contributed by atoms with Gasteiger partial charge in [-0.15, -0.1) is 6.58 Å². The highest BCUT2D eigenvalue weighted by Crippen LogP contribution is 2.61. The second-order valence-electron chi connectivity index (χ2n) is 9.51. The summed E-state index contributed by atoms with van der Waals surface area (Å²) in [5, 5.41) is 21.9. The molecule has 1 saturated heterocycles. The Kier molecular flexibility index (Phi) is 5.69. The molecule has 1 saturated carbocycles. The first-order valence-corrected chi connectivity index (χ1v) is 9.62. The lowest BCUT2D eigenvalue weighted by Crippen LogP contribution is -2.66. The van der Waals surface area contributed by atoms with E-state index in [9.17, 15) is 15.0 Å². The number of aliphatic hydroxyl groups is 2. The summed E-state index contributed by atoms with van der Waals surface area (Å²) in [6.45, 7) is 13.6. The fraction of sp³-hybridized carbons (Fsp3) is 0.857. The molecule has 2 rings (SSSR count). The van der Waals surface area contributed by atoms with Crippen molar-refractivity contribution in [3.63, 3.8) is 0 Å². The summed E-state index contributed by atoms with van der Waals surface area (Å²) in [4.78, 5) is 11.8. The first kappa shape index (κ1) is 21.4. The SMILES string of the molecule is C=C[C@@]1(C)CC[C@@H]2[C@@](C)(CCC(=O)OC)[C@H](C(C)(C)O)C(O)C[C@@]2(C)O1. The highest BCUT2D eigenvalue weighted by Gasteiger charge is 2.63. The average Bonchev–Trinajstić information content (AvgIpc) is 2.49. The van der Waals surface area contributed by atoms with Gasteiger partial charge in [0.1, 0.15) is 0 Å². The van der Waals surface area contributed by atoms with Gasteiger partial charge >= 0.3 is 5.97 Å². The van der Waals surface area contributed by atoms with E-state index in [-0.39, 0.29) is 24.2 Å². The Morgan fingerprint density at radius 1 is 1.38 bits per heavy atom. The van der Waals surface area contributed by atoms with E-state index in [1.807, 2.05) is 13.0 Å². The van der Waals surface area contributed by atoms with Crippen LogP contribution in [0.3, 0.4) is 0 Å². The van der Waals surface area contributed by atoms with Crippen LogP contribution in [0, 0.1) is 17.3 Å². The van der Waals surface area contributed by atoms with Gasteiger partial charge in [-0.1, -0.05) is 13.0 Å². The Bertz CT molecular complexity index is 553. The van der Waals surface area contributed by atoms with Gasteiger partial charge in [-0.2, -0.15) is 0 Å². The molecule has 5 nitrogen and oxygen atoms in total. The van der Waals surface area contributed by atoms with Gasteiger partial charge in [0.05, 0.1) is 30.0 Å². The molecule has 0 aromatic rings. The van der Waals surface area contributed by atoms with Crippen molar-refractivity contribution >= 4 is 5.97 Å². The third-order valence-electron chi connectivity index (χ3n) is 6.93. The molecule has 0 aromatic heterocycles. The minimum absolute atomic E-state index is 0.118. The molecular formula is C21H36O5. The molecule has 0 spiro atoms. The Morgan fingerprint density at radius 2 is 2.00 bits per heavy atom. The highest BCUT2D eigenvalue weighted by molar-refractivity contribution is 5.69. The Labute approximate surface area is 157 Å². The molecule has 2 aliphatic rings. The van der Waals surface area contributed by atoms with Crippen molar-refractivity contribution in [3.8, 4) is 0 Å². The number of rotatable bonds is 5.